The zero-order valence-corrected chi connectivity index (χ0v) is 10.2. The van der Waals surface area contributed by atoms with Crippen LogP contribution in [0, 0.1) is 16.7 Å². The monoisotopic (exact) mass is 207 g/mol. The molecule has 0 saturated heterocycles. The molecule has 0 bridgehead atoms. The molecule has 0 aromatic carbocycles. The van der Waals surface area contributed by atoms with Crippen LogP contribution in [0.25, 0.3) is 0 Å². The molecule has 2 aliphatic carbocycles. The van der Waals surface area contributed by atoms with Gasteiger partial charge in [-0.15, -0.1) is 0 Å². The van der Waals surface area contributed by atoms with Gasteiger partial charge >= 0.3 is 0 Å². The second-order valence-electron chi connectivity index (χ2n) is 6.32. The van der Waals surface area contributed by atoms with Gasteiger partial charge in [0.2, 0.25) is 0 Å². The lowest BCUT2D eigenvalue weighted by Gasteiger charge is -2.46. The molecule has 0 aromatic heterocycles. The Morgan fingerprint density at radius 1 is 1.27 bits per heavy atom. The zero-order valence-electron chi connectivity index (χ0n) is 10.2. The van der Waals surface area contributed by atoms with Crippen LogP contribution in [0.15, 0.2) is 16.8 Å². The van der Waals surface area contributed by atoms with Crippen LogP contribution in [0.5, 0.6) is 0 Å². The van der Waals surface area contributed by atoms with Gasteiger partial charge in [0.05, 0.1) is 5.71 Å². The summed E-state index contributed by atoms with van der Waals surface area (Å²) < 4.78 is 0. The first-order chi connectivity index (χ1) is 6.87. The van der Waals surface area contributed by atoms with Crippen molar-refractivity contribution in [2.24, 2.45) is 21.9 Å². The number of rotatable bonds is 0. The van der Waals surface area contributed by atoms with E-state index in [-0.39, 0.29) is 5.41 Å². The van der Waals surface area contributed by atoms with Gasteiger partial charge in [-0.2, -0.15) is 0 Å². The second-order valence-corrected chi connectivity index (χ2v) is 6.32. The van der Waals surface area contributed by atoms with E-state index < -0.39 is 0 Å². The number of oxime groups is 1. The summed E-state index contributed by atoms with van der Waals surface area (Å²) in [7, 11) is 0. The molecule has 15 heavy (non-hydrogen) atoms. The Morgan fingerprint density at radius 3 is 2.47 bits per heavy atom. The van der Waals surface area contributed by atoms with Crippen molar-refractivity contribution in [2.45, 2.75) is 47.0 Å². The van der Waals surface area contributed by atoms with E-state index in [0.717, 1.165) is 12.1 Å². The highest BCUT2D eigenvalue weighted by Crippen LogP contribution is 2.55. The molecule has 1 saturated carbocycles. The maximum atomic E-state index is 8.90. The second kappa shape index (κ2) is 3.10. The molecular formula is C13H21NO. The predicted octanol–water partition coefficient (Wildman–Crippen LogP) is 3.61. The summed E-state index contributed by atoms with van der Waals surface area (Å²) in [6, 6.07) is 0. The largest absolute Gasteiger partial charge is 0.411 e. The van der Waals surface area contributed by atoms with Crippen LogP contribution in [-0.4, -0.2) is 10.9 Å². The molecule has 0 heterocycles. The van der Waals surface area contributed by atoms with Crippen molar-refractivity contribution in [1.29, 1.82) is 0 Å². The van der Waals surface area contributed by atoms with Crippen LogP contribution < -0.4 is 0 Å². The highest BCUT2D eigenvalue weighted by molar-refractivity contribution is 5.98. The first kappa shape index (κ1) is 10.7. The Kier molecular flexibility index (Phi) is 2.21. The fourth-order valence-corrected chi connectivity index (χ4v) is 3.05. The third-order valence-electron chi connectivity index (χ3n) is 4.36. The molecule has 2 nitrogen and oxygen atoms in total. The normalized spacial score (nSPS) is 35.1. The smallest absolute Gasteiger partial charge is 0.0801 e. The van der Waals surface area contributed by atoms with Crippen molar-refractivity contribution < 1.29 is 5.21 Å². The van der Waals surface area contributed by atoms with Gasteiger partial charge in [-0.1, -0.05) is 38.4 Å². The fourth-order valence-electron chi connectivity index (χ4n) is 3.05. The minimum atomic E-state index is 0.284. The Hall–Kier alpha value is -0.790. The standard InChI is InChI=1S/C13H21NO/c1-12(2)5-6-13(3,4)11-8-9(14-15)7-10(11)12/h7,11,15H,5-6,8H2,1-4H3/b14-9-. The van der Waals surface area contributed by atoms with Crippen molar-refractivity contribution in [1.82, 2.24) is 0 Å². The van der Waals surface area contributed by atoms with Crippen LogP contribution in [0.3, 0.4) is 0 Å². The SMILES string of the molecule is CC1(C)CCC(C)(C)C2C/C(=N\O)C=C21. The molecule has 2 aliphatic rings. The average molecular weight is 207 g/mol. The van der Waals surface area contributed by atoms with E-state index in [1.54, 1.807) is 0 Å². The third kappa shape index (κ3) is 1.60. The van der Waals surface area contributed by atoms with E-state index in [0.29, 0.717) is 11.3 Å². The Balaban J connectivity index is 2.41. The van der Waals surface area contributed by atoms with Crippen molar-refractivity contribution in [3.8, 4) is 0 Å². The molecule has 0 amide bonds. The Morgan fingerprint density at radius 2 is 1.93 bits per heavy atom. The summed E-state index contributed by atoms with van der Waals surface area (Å²) in [5.74, 6) is 0.576. The zero-order chi connectivity index (χ0) is 11.3. The molecule has 1 atom stereocenters. The summed E-state index contributed by atoms with van der Waals surface area (Å²) in [5, 5.41) is 12.3. The summed E-state index contributed by atoms with van der Waals surface area (Å²) in [4.78, 5) is 0. The van der Waals surface area contributed by atoms with Gasteiger partial charge in [0, 0.05) is 6.42 Å². The molecule has 0 aliphatic heterocycles. The highest BCUT2D eigenvalue weighted by Gasteiger charge is 2.46. The number of fused-ring (bicyclic) bond motifs is 1. The third-order valence-corrected chi connectivity index (χ3v) is 4.36. The Labute approximate surface area is 92.1 Å². The molecule has 0 radical (unpaired) electrons. The molecule has 2 rings (SSSR count). The van der Waals surface area contributed by atoms with Crippen LogP contribution in [0.1, 0.15) is 47.0 Å². The van der Waals surface area contributed by atoms with E-state index in [4.69, 9.17) is 5.21 Å². The fraction of sp³-hybridized carbons (Fsp3) is 0.769. The van der Waals surface area contributed by atoms with Crippen LogP contribution in [0.4, 0.5) is 0 Å². The van der Waals surface area contributed by atoms with Gasteiger partial charge in [0.25, 0.3) is 0 Å². The summed E-state index contributed by atoms with van der Waals surface area (Å²) in [6.07, 6.45) is 5.54. The van der Waals surface area contributed by atoms with Crippen LogP contribution in [-0.2, 0) is 0 Å². The maximum Gasteiger partial charge on any atom is 0.0801 e. The van der Waals surface area contributed by atoms with Gasteiger partial charge in [-0.05, 0) is 35.7 Å². The number of hydrogen-bond donors (Lipinski definition) is 1. The van der Waals surface area contributed by atoms with Crippen molar-refractivity contribution in [2.75, 3.05) is 0 Å². The first-order valence-corrected chi connectivity index (χ1v) is 5.80. The van der Waals surface area contributed by atoms with Crippen molar-refractivity contribution >= 4 is 5.71 Å². The number of allylic oxidation sites excluding steroid dienone is 2. The molecular weight excluding hydrogens is 186 g/mol. The highest BCUT2D eigenvalue weighted by atomic mass is 16.4. The summed E-state index contributed by atoms with van der Waals surface area (Å²) in [6.45, 7) is 9.28. The van der Waals surface area contributed by atoms with E-state index in [1.807, 2.05) is 0 Å². The van der Waals surface area contributed by atoms with Crippen LogP contribution >= 0.6 is 0 Å². The van der Waals surface area contributed by atoms with E-state index in [2.05, 4.69) is 38.9 Å². The number of nitrogens with zero attached hydrogens (tertiary/aromatic N) is 1. The van der Waals surface area contributed by atoms with Crippen molar-refractivity contribution in [3.05, 3.63) is 11.6 Å². The molecule has 0 spiro atoms. The van der Waals surface area contributed by atoms with Gasteiger partial charge in [-0.25, -0.2) is 0 Å². The van der Waals surface area contributed by atoms with Crippen LogP contribution in [0.2, 0.25) is 0 Å². The maximum absolute atomic E-state index is 8.90. The lowest BCUT2D eigenvalue weighted by atomic mass is 9.58. The topological polar surface area (TPSA) is 32.6 Å². The van der Waals surface area contributed by atoms with Gasteiger partial charge < -0.3 is 5.21 Å². The van der Waals surface area contributed by atoms with Gasteiger partial charge in [0.15, 0.2) is 0 Å². The lowest BCUT2D eigenvalue weighted by molar-refractivity contribution is 0.132. The molecule has 1 fully saturated rings. The van der Waals surface area contributed by atoms with E-state index in [1.165, 1.54) is 18.4 Å². The summed E-state index contributed by atoms with van der Waals surface area (Å²) >= 11 is 0. The first-order valence-electron chi connectivity index (χ1n) is 5.80. The van der Waals surface area contributed by atoms with E-state index in [9.17, 15) is 0 Å². The van der Waals surface area contributed by atoms with Gasteiger partial charge in [0.1, 0.15) is 0 Å². The molecule has 0 aromatic rings. The molecule has 1 unspecified atom stereocenters. The van der Waals surface area contributed by atoms with Gasteiger partial charge in [-0.3, -0.25) is 0 Å². The molecule has 2 heteroatoms. The average Bonchev–Trinajstić information content (AvgIpc) is 2.59. The minimum Gasteiger partial charge on any atom is -0.411 e. The molecule has 1 N–H and O–H groups in total. The van der Waals surface area contributed by atoms with E-state index >= 15 is 0 Å². The molecule has 84 valence electrons. The predicted molar refractivity (Wildman–Crippen MR) is 62.2 cm³/mol. The lowest BCUT2D eigenvalue weighted by Crippen LogP contribution is -2.36. The quantitative estimate of drug-likeness (QED) is 0.477. The van der Waals surface area contributed by atoms with Crippen molar-refractivity contribution in [3.63, 3.8) is 0 Å². The summed E-state index contributed by atoms with van der Waals surface area (Å²) in [5.41, 5.74) is 2.99. The minimum absolute atomic E-state index is 0.284. The Bertz CT molecular complexity index is 336. The number of hydrogen-bond acceptors (Lipinski definition) is 2.